The third-order valence-electron chi connectivity index (χ3n) is 4.41. The molecule has 0 saturated carbocycles. The maximum Gasteiger partial charge on any atom is 0.453 e. The molecule has 0 aromatic carbocycles. The molecule has 0 fully saturated rings. The van der Waals surface area contributed by atoms with E-state index in [0.29, 0.717) is 25.7 Å². The normalized spacial score (nSPS) is 12.6. The van der Waals surface area contributed by atoms with Crippen molar-refractivity contribution in [2.24, 2.45) is 0 Å². The molecule has 0 saturated heterocycles. The second-order valence-electron chi connectivity index (χ2n) is 7.87. The van der Waals surface area contributed by atoms with E-state index in [2.05, 4.69) is 20.1 Å². The summed E-state index contributed by atoms with van der Waals surface area (Å²) in [5, 5.41) is 7.78. The van der Waals surface area contributed by atoms with Gasteiger partial charge in [0.15, 0.2) is 0 Å². The average molecular weight is 574 g/mol. The van der Waals surface area contributed by atoms with Crippen LogP contribution >= 0.6 is 0 Å². The molecule has 0 atom stereocenters. The van der Waals surface area contributed by atoms with Crippen LogP contribution in [0.2, 0.25) is 0 Å². The Kier molecular flexibility index (Phi) is 14.5. The summed E-state index contributed by atoms with van der Waals surface area (Å²) in [6, 6.07) is 0. The highest BCUT2D eigenvalue weighted by atomic mass is 19.3. The van der Waals surface area contributed by atoms with E-state index in [1.807, 2.05) is 0 Å². The van der Waals surface area contributed by atoms with Gasteiger partial charge in [0.2, 0.25) is 11.8 Å². The van der Waals surface area contributed by atoms with Crippen molar-refractivity contribution in [3.63, 3.8) is 0 Å². The molecule has 0 rings (SSSR count). The molecule has 0 radical (unpaired) electrons. The maximum atomic E-state index is 13.7. The van der Waals surface area contributed by atoms with Gasteiger partial charge in [-0.2, -0.15) is 35.1 Å². The van der Waals surface area contributed by atoms with E-state index in [4.69, 9.17) is 0 Å². The number of unbranched alkanes of at least 4 members (excludes halogenated alkanes) is 4. The van der Waals surface area contributed by atoms with Crippen LogP contribution in [0.15, 0.2) is 0 Å². The minimum absolute atomic E-state index is 0.0354. The van der Waals surface area contributed by atoms with Gasteiger partial charge in [-0.25, -0.2) is 9.47 Å². The Morgan fingerprint density at radius 2 is 0.763 bits per heavy atom. The first-order chi connectivity index (χ1) is 17.3. The topological polar surface area (TPSA) is 135 Å². The number of hydrogen-bond acceptors (Lipinski definition) is 6. The molecule has 0 heterocycles. The minimum atomic E-state index is -6.47. The largest absolute Gasteiger partial charge is 0.453 e. The Hall–Kier alpha value is -2.76. The van der Waals surface area contributed by atoms with Crippen molar-refractivity contribution in [1.82, 2.24) is 21.3 Å². The first-order valence-electron chi connectivity index (χ1n) is 11.3. The van der Waals surface area contributed by atoms with Crippen molar-refractivity contribution in [2.45, 2.75) is 76.8 Å². The van der Waals surface area contributed by atoms with E-state index in [0.717, 1.165) is 0 Å². The van der Waals surface area contributed by atoms with Gasteiger partial charge in [-0.05, 0) is 38.5 Å². The first kappa shape index (κ1) is 35.2. The lowest BCUT2D eigenvalue weighted by atomic mass is 10.2. The van der Waals surface area contributed by atoms with Crippen molar-refractivity contribution in [3.8, 4) is 0 Å². The fourth-order valence-electron chi connectivity index (χ4n) is 2.53. The van der Waals surface area contributed by atoms with Gasteiger partial charge >= 0.3 is 36.2 Å². The second-order valence-corrected chi connectivity index (χ2v) is 7.87. The molecule has 38 heavy (non-hydrogen) atoms. The zero-order chi connectivity index (χ0) is 29.6. The predicted molar refractivity (Wildman–Crippen MR) is 113 cm³/mol. The van der Waals surface area contributed by atoms with Crippen LogP contribution in [0.1, 0.15) is 52.4 Å². The summed E-state index contributed by atoms with van der Waals surface area (Å²) in [4.78, 5) is 44.1. The summed E-state index contributed by atoms with van der Waals surface area (Å²) in [6.07, 6.45) is -22.7. The van der Waals surface area contributed by atoms with Crippen molar-refractivity contribution in [3.05, 3.63) is 0 Å². The van der Waals surface area contributed by atoms with Gasteiger partial charge in [0.1, 0.15) is 0 Å². The van der Waals surface area contributed by atoms with E-state index in [1.165, 1.54) is 24.5 Å². The number of nitrogens with one attached hydrogen (secondary N) is 4. The molecule has 10 nitrogen and oxygen atoms in total. The molecule has 18 heteroatoms. The minimum Gasteiger partial charge on any atom is -0.356 e. The Labute approximate surface area is 212 Å². The molecule has 0 aromatic rings. The monoisotopic (exact) mass is 574 g/mol. The van der Waals surface area contributed by atoms with Gasteiger partial charge in [0.05, 0.1) is 0 Å². The molecular weight excluding hydrogens is 544 g/mol. The number of rotatable bonds is 19. The van der Waals surface area contributed by atoms with E-state index in [-0.39, 0.29) is 37.7 Å². The first-order valence-corrected chi connectivity index (χ1v) is 11.3. The van der Waals surface area contributed by atoms with E-state index >= 15 is 0 Å². The van der Waals surface area contributed by atoms with Gasteiger partial charge in [-0.1, -0.05) is 0 Å². The zero-order valence-corrected chi connectivity index (χ0v) is 20.5. The fraction of sp³-hybridized carbons (Fsp3) is 0.800. The number of ether oxygens (including phenoxy) is 2. The molecule has 0 unspecified atom stereocenters. The summed E-state index contributed by atoms with van der Waals surface area (Å²) in [6.45, 7) is 1.97. The third-order valence-corrected chi connectivity index (χ3v) is 4.41. The molecule has 0 spiro atoms. The van der Waals surface area contributed by atoms with E-state index in [9.17, 15) is 54.3 Å². The highest BCUT2D eigenvalue weighted by Crippen LogP contribution is 2.43. The highest BCUT2D eigenvalue weighted by molar-refractivity contribution is 5.82. The number of carbonyl (C=O) groups is 4. The van der Waals surface area contributed by atoms with Crippen LogP contribution in [-0.2, 0) is 28.7 Å². The summed E-state index contributed by atoms with van der Waals surface area (Å²) >= 11 is 0. The van der Waals surface area contributed by atoms with Gasteiger partial charge in [0.25, 0.3) is 0 Å². The van der Waals surface area contributed by atoms with E-state index in [1.54, 1.807) is 0 Å². The predicted octanol–water partition coefficient (Wildman–Crippen LogP) is 2.24. The highest BCUT2D eigenvalue weighted by Gasteiger charge is 2.69. The summed E-state index contributed by atoms with van der Waals surface area (Å²) in [7, 11) is 0. The van der Waals surface area contributed by atoms with Crippen molar-refractivity contribution in [1.29, 1.82) is 0 Å². The second kappa shape index (κ2) is 15.6. The number of amides is 4. The van der Waals surface area contributed by atoms with Crippen LogP contribution in [-0.4, -0.2) is 74.2 Å². The zero-order valence-electron chi connectivity index (χ0n) is 20.5. The van der Waals surface area contributed by atoms with Crippen LogP contribution in [0.5, 0.6) is 0 Å². The van der Waals surface area contributed by atoms with Gasteiger partial charge < -0.3 is 21.3 Å². The summed E-state index contributed by atoms with van der Waals surface area (Å²) < 4.78 is 114. The van der Waals surface area contributed by atoms with Gasteiger partial charge in [-0.3, -0.25) is 19.2 Å². The molecule has 222 valence electrons. The Bertz CT molecular complexity index is 737. The van der Waals surface area contributed by atoms with Gasteiger partial charge in [0, 0.05) is 40.0 Å². The van der Waals surface area contributed by atoms with Crippen LogP contribution in [0, 0.1) is 0 Å². The molecule has 0 aliphatic carbocycles. The fourth-order valence-corrected chi connectivity index (χ4v) is 2.53. The lowest BCUT2D eigenvalue weighted by molar-refractivity contribution is -0.499. The van der Waals surface area contributed by atoms with Gasteiger partial charge in [-0.15, -0.1) is 0 Å². The molecule has 4 N–H and O–H groups in total. The molecule has 0 aromatic heterocycles. The molecule has 0 aliphatic heterocycles. The maximum absolute atomic E-state index is 13.7. The van der Waals surface area contributed by atoms with Crippen molar-refractivity contribution >= 4 is 23.6 Å². The van der Waals surface area contributed by atoms with Crippen molar-refractivity contribution < 1.29 is 63.8 Å². The lowest BCUT2D eigenvalue weighted by Crippen LogP contribution is -2.57. The number of carbonyl (C=O) groups excluding carboxylic acids is 4. The lowest BCUT2D eigenvalue weighted by Gasteiger charge is -2.30. The Balaban J connectivity index is 4.74. The average Bonchev–Trinajstić information content (AvgIpc) is 2.75. The van der Waals surface area contributed by atoms with Crippen molar-refractivity contribution in [2.75, 3.05) is 26.2 Å². The third kappa shape index (κ3) is 13.7. The summed E-state index contributed by atoms with van der Waals surface area (Å²) in [5.41, 5.74) is 0. The Morgan fingerprint density at radius 1 is 0.500 bits per heavy atom. The number of halogens is 8. The molecule has 4 amide bonds. The molecular formula is C20H30F8N4O6. The summed E-state index contributed by atoms with van der Waals surface area (Å²) in [5.74, 6) is -5.75. The molecule has 0 aliphatic rings. The molecule has 0 bridgehead atoms. The van der Waals surface area contributed by atoms with Crippen LogP contribution in [0.4, 0.5) is 35.1 Å². The smallest absolute Gasteiger partial charge is 0.356 e. The quantitative estimate of drug-likeness (QED) is 0.138. The van der Waals surface area contributed by atoms with Crippen LogP contribution in [0.3, 0.4) is 0 Å². The van der Waals surface area contributed by atoms with E-state index < -0.39 is 49.3 Å². The van der Waals surface area contributed by atoms with Crippen LogP contribution in [0.25, 0.3) is 0 Å². The number of alkyl halides is 8. The SMILES string of the molecule is CC(=O)NCCCCCNC(=O)C(F)(F)OC(F)(F)C(F)(F)OC(F)(F)C(=O)NCCCCCNC(C)=O. The Morgan fingerprint density at radius 3 is 1.03 bits per heavy atom. The standard InChI is InChI=1S/C20H30F8N4O6/c1-13(33)29-9-5-3-7-11-31-15(35)17(21,22)37-19(25,26)20(27,28)38-18(23,24)16(36)32-12-8-4-6-10-30-14(2)34/h3-12H2,1-2H3,(H,29,33)(H,30,34)(H,31,35)(H,32,36). The number of hydrogen-bond donors (Lipinski definition) is 4. The van der Waals surface area contributed by atoms with Crippen LogP contribution < -0.4 is 21.3 Å².